The van der Waals surface area contributed by atoms with E-state index in [0.29, 0.717) is 5.92 Å². The highest BCUT2D eigenvalue weighted by Gasteiger charge is 2.23. The van der Waals surface area contributed by atoms with Gasteiger partial charge < -0.3 is 0 Å². The summed E-state index contributed by atoms with van der Waals surface area (Å²) in [5.41, 5.74) is 4.89. The highest BCUT2D eigenvalue weighted by Crippen LogP contribution is 2.41. The standard InChI is InChI=1S/C16H18N2S2/c1-10-11(2)17-16(18-12(10)3)20-9-13-8-19-15-7-5-4-6-14(13)15/h4-7,13H,8-9H2,1-3H3. The third kappa shape index (κ3) is 2.72. The summed E-state index contributed by atoms with van der Waals surface area (Å²) in [7, 11) is 0. The molecule has 104 valence electrons. The quantitative estimate of drug-likeness (QED) is 0.620. The first kappa shape index (κ1) is 14.0. The second-order valence-electron chi connectivity index (χ2n) is 5.16. The monoisotopic (exact) mass is 302 g/mol. The zero-order valence-corrected chi connectivity index (χ0v) is 13.6. The fourth-order valence-electron chi connectivity index (χ4n) is 2.35. The Morgan fingerprint density at radius 2 is 1.85 bits per heavy atom. The number of nitrogens with zero attached hydrogens (tertiary/aromatic N) is 2. The van der Waals surface area contributed by atoms with Crippen LogP contribution in [0, 0.1) is 20.8 Å². The van der Waals surface area contributed by atoms with Gasteiger partial charge in [0, 0.05) is 33.7 Å². The smallest absolute Gasteiger partial charge is 0.188 e. The van der Waals surface area contributed by atoms with Crippen molar-refractivity contribution in [1.82, 2.24) is 9.97 Å². The number of rotatable bonds is 3. The van der Waals surface area contributed by atoms with E-state index in [2.05, 4.69) is 55.0 Å². The lowest BCUT2D eigenvalue weighted by Crippen LogP contribution is -2.03. The van der Waals surface area contributed by atoms with Crippen LogP contribution >= 0.6 is 23.5 Å². The molecule has 1 unspecified atom stereocenters. The van der Waals surface area contributed by atoms with Crippen molar-refractivity contribution in [3.8, 4) is 0 Å². The summed E-state index contributed by atoms with van der Waals surface area (Å²) in [5.74, 6) is 2.86. The largest absolute Gasteiger partial charge is 0.228 e. The molecule has 2 aromatic rings. The van der Waals surface area contributed by atoms with Crippen LogP contribution in [0.15, 0.2) is 34.3 Å². The van der Waals surface area contributed by atoms with Gasteiger partial charge in [0.2, 0.25) is 0 Å². The van der Waals surface area contributed by atoms with Crippen molar-refractivity contribution in [3.63, 3.8) is 0 Å². The Morgan fingerprint density at radius 1 is 1.15 bits per heavy atom. The topological polar surface area (TPSA) is 25.8 Å². The van der Waals surface area contributed by atoms with Crippen molar-refractivity contribution in [2.45, 2.75) is 36.7 Å². The van der Waals surface area contributed by atoms with E-state index >= 15 is 0 Å². The second kappa shape index (κ2) is 5.78. The molecule has 0 radical (unpaired) electrons. The average Bonchev–Trinajstić information content (AvgIpc) is 2.85. The van der Waals surface area contributed by atoms with Crippen LogP contribution in [0.3, 0.4) is 0 Å². The molecule has 0 spiro atoms. The molecule has 3 rings (SSSR count). The first-order valence-electron chi connectivity index (χ1n) is 6.81. The van der Waals surface area contributed by atoms with Gasteiger partial charge in [0.15, 0.2) is 5.16 Å². The Hall–Kier alpha value is -1.00. The van der Waals surface area contributed by atoms with Gasteiger partial charge in [-0.3, -0.25) is 0 Å². The molecule has 1 aliphatic rings. The van der Waals surface area contributed by atoms with Gasteiger partial charge in [0.1, 0.15) is 0 Å². The summed E-state index contributed by atoms with van der Waals surface area (Å²) >= 11 is 3.75. The van der Waals surface area contributed by atoms with Crippen molar-refractivity contribution in [2.75, 3.05) is 11.5 Å². The van der Waals surface area contributed by atoms with Crippen molar-refractivity contribution in [1.29, 1.82) is 0 Å². The number of aryl methyl sites for hydroxylation is 2. The number of fused-ring (bicyclic) bond motifs is 1. The van der Waals surface area contributed by atoms with Crippen LogP contribution in [0.25, 0.3) is 0 Å². The molecule has 0 saturated carbocycles. The SMILES string of the molecule is Cc1nc(SCC2CSc3ccccc32)nc(C)c1C. The van der Waals surface area contributed by atoms with Gasteiger partial charge in [0.25, 0.3) is 0 Å². The van der Waals surface area contributed by atoms with Crippen LogP contribution in [-0.4, -0.2) is 21.5 Å². The summed E-state index contributed by atoms with van der Waals surface area (Å²) in [4.78, 5) is 10.6. The van der Waals surface area contributed by atoms with Gasteiger partial charge in [-0.1, -0.05) is 30.0 Å². The zero-order chi connectivity index (χ0) is 14.1. The highest BCUT2D eigenvalue weighted by atomic mass is 32.2. The van der Waals surface area contributed by atoms with Gasteiger partial charge in [-0.25, -0.2) is 9.97 Å². The van der Waals surface area contributed by atoms with Gasteiger partial charge in [-0.05, 0) is 38.0 Å². The Balaban J connectivity index is 1.72. The van der Waals surface area contributed by atoms with E-state index in [1.54, 1.807) is 11.8 Å². The molecular weight excluding hydrogens is 284 g/mol. The molecule has 0 N–H and O–H groups in total. The third-order valence-corrected chi connectivity index (χ3v) is 6.09. The van der Waals surface area contributed by atoms with E-state index in [-0.39, 0.29) is 0 Å². The lowest BCUT2D eigenvalue weighted by atomic mass is 10.0. The summed E-state index contributed by atoms with van der Waals surface area (Å²) < 4.78 is 0. The highest BCUT2D eigenvalue weighted by molar-refractivity contribution is 8.00. The van der Waals surface area contributed by atoms with Crippen molar-refractivity contribution in [2.24, 2.45) is 0 Å². The minimum absolute atomic E-state index is 0.617. The van der Waals surface area contributed by atoms with Gasteiger partial charge in [-0.15, -0.1) is 11.8 Å². The van der Waals surface area contributed by atoms with E-state index < -0.39 is 0 Å². The number of hydrogen-bond donors (Lipinski definition) is 0. The molecule has 2 heterocycles. The van der Waals surface area contributed by atoms with Crippen LogP contribution in [0.1, 0.15) is 28.4 Å². The molecule has 1 atom stereocenters. The van der Waals surface area contributed by atoms with E-state index in [0.717, 1.165) is 22.3 Å². The minimum atomic E-state index is 0.617. The fraction of sp³-hybridized carbons (Fsp3) is 0.375. The van der Waals surface area contributed by atoms with Crippen LogP contribution in [0.4, 0.5) is 0 Å². The van der Waals surface area contributed by atoms with Gasteiger partial charge >= 0.3 is 0 Å². The molecule has 0 saturated heterocycles. The second-order valence-corrected chi connectivity index (χ2v) is 7.21. The lowest BCUT2D eigenvalue weighted by Gasteiger charge is -2.11. The van der Waals surface area contributed by atoms with E-state index in [4.69, 9.17) is 0 Å². The zero-order valence-electron chi connectivity index (χ0n) is 12.0. The number of aromatic nitrogens is 2. The summed E-state index contributed by atoms with van der Waals surface area (Å²) in [6, 6.07) is 8.74. The maximum absolute atomic E-state index is 4.60. The van der Waals surface area contributed by atoms with Crippen LogP contribution in [-0.2, 0) is 0 Å². The Labute approximate surface area is 128 Å². The average molecular weight is 302 g/mol. The van der Waals surface area contributed by atoms with Gasteiger partial charge in [-0.2, -0.15) is 0 Å². The number of thioether (sulfide) groups is 2. The summed E-state index contributed by atoms with van der Waals surface area (Å²) in [5, 5.41) is 0.917. The summed E-state index contributed by atoms with van der Waals surface area (Å²) in [6.07, 6.45) is 0. The molecule has 20 heavy (non-hydrogen) atoms. The Bertz CT molecular complexity index is 617. The fourth-order valence-corrected chi connectivity index (χ4v) is 4.80. The normalized spacial score (nSPS) is 17.2. The van der Waals surface area contributed by atoms with Crippen molar-refractivity contribution in [3.05, 3.63) is 46.8 Å². The Kier molecular flexibility index (Phi) is 4.03. The lowest BCUT2D eigenvalue weighted by molar-refractivity contribution is 0.861. The van der Waals surface area contributed by atoms with Crippen molar-refractivity contribution >= 4 is 23.5 Å². The maximum atomic E-state index is 4.60. The molecule has 0 bridgehead atoms. The minimum Gasteiger partial charge on any atom is -0.228 e. The van der Waals surface area contributed by atoms with Crippen LogP contribution in [0.5, 0.6) is 0 Å². The molecule has 4 heteroatoms. The molecule has 1 aromatic heterocycles. The molecule has 1 aromatic carbocycles. The molecular formula is C16H18N2S2. The van der Waals surface area contributed by atoms with E-state index in [9.17, 15) is 0 Å². The van der Waals surface area contributed by atoms with Gasteiger partial charge in [0.05, 0.1) is 0 Å². The third-order valence-electron chi connectivity index (χ3n) is 3.82. The van der Waals surface area contributed by atoms with Crippen LogP contribution in [0.2, 0.25) is 0 Å². The van der Waals surface area contributed by atoms with E-state index in [1.807, 2.05) is 11.8 Å². The number of hydrogen-bond acceptors (Lipinski definition) is 4. The first-order valence-corrected chi connectivity index (χ1v) is 8.78. The van der Waals surface area contributed by atoms with Crippen molar-refractivity contribution < 1.29 is 0 Å². The van der Waals surface area contributed by atoms with Crippen LogP contribution < -0.4 is 0 Å². The maximum Gasteiger partial charge on any atom is 0.188 e. The summed E-state index contributed by atoms with van der Waals surface area (Å²) in [6.45, 7) is 6.21. The first-order chi connectivity index (χ1) is 9.65. The number of benzene rings is 1. The Morgan fingerprint density at radius 3 is 2.60 bits per heavy atom. The molecule has 0 aliphatic carbocycles. The predicted molar refractivity (Wildman–Crippen MR) is 86.9 cm³/mol. The molecule has 0 amide bonds. The van der Waals surface area contributed by atoms with E-state index in [1.165, 1.54) is 21.8 Å². The molecule has 1 aliphatic heterocycles. The molecule has 2 nitrogen and oxygen atoms in total. The predicted octanol–water partition coefficient (Wildman–Crippen LogP) is 4.38. The molecule has 0 fully saturated rings.